The van der Waals surface area contributed by atoms with Gasteiger partial charge in [0.2, 0.25) is 5.03 Å². The van der Waals surface area contributed by atoms with Crippen molar-refractivity contribution in [2.24, 2.45) is 0 Å². The number of hydrogen-bond acceptors (Lipinski definition) is 16. The summed E-state index contributed by atoms with van der Waals surface area (Å²) in [5.41, 5.74) is 0. The van der Waals surface area contributed by atoms with Gasteiger partial charge in [0.15, 0.2) is 0 Å². The molecule has 0 saturated carbocycles. The Hall–Kier alpha value is -4.71. The van der Waals surface area contributed by atoms with Crippen molar-refractivity contribution in [2.45, 2.75) is 43.1 Å². The average Bonchev–Trinajstić information content (AvgIpc) is 1.75. The van der Waals surface area contributed by atoms with Gasteiger partial charge in [-0.1, -0.05) is 243 Å². The molecule has 11 atom stereocenters. The van der Waals surface area contributed by atoms with E-state index in [-0.39, 0.29) is 38.1 Å². The summed E-state index contributed by atoms with van der Waals surface area (Å²) in [6.45, 7) is 3.53. The summed E-state index contributed by atoms with van der Waals surface area (Å²) in [6, 6.07) is 77.8. The van der Waals surface area contributed by atoms with Gasteiger partial charge in [0.1, 0.15) is 0 Å². The van der Waals surface area contributed by atoms with Gasteiger partial charge in [-0.25, -0.2) is 0 Å². The van der Waals surface area contributed by atoms with Crippen molar-refractivity contribution >= 4 is 129 Å². The lowest BCUT2D eigenvalue weighted by Crippen LogP contribution is -3.00. The number of aliphatic hydroxyl groups excluding tert-OH is 2. The Morgan fingerprint density at radius 2 is 0.470 bits per heavy atom. The van der Waals surface area contributed by atoms with Gasteiger partial charge in [-0.3, -0.25) is 0 Å². The third-order valence-electron chi connectivity index (χ3n) is 15.7. The molecule has 26 heteroatoms. The van der Waals surface area contributed by atoms with Gasteiger partial charge in [0.25, 0.3) is 0 Å². The molecule has 0 radical (unpaired) electrons. The molecule has 8 aliphatic rings. The lowest BCUT2D eigenvalue weighted by atomic mass is 10.4. The van der Waals surface area contributed by atoms with Gasteiger partial charge >= 0.3 is 87.1 Å². The van der Waals surface area contributed by atoms with Crippen LogP contribution >= 0.6 is 0 Å². The molecule has 16 nitrogen and oxygen atoms in total. The first-order valence-electron chi connectivity index (χ1n) is 27.8. The van der Waals surface area contributed by atoms with Crippen molar-refractivity contribution in [3.05, 3.63) is 243 Å². The molecular formula is C57H60O16Si10. The molecule has 83 heavy (non-hydrogen) atoms. The van der Waals surface area contributed by atoms with E-state index in [1.165, 1.54) is 0 Å². The molecule has 8 aliphatic heterocycles. The van der Waals surface area contributed by atoms with Crippen LogP contribution < -0.4 is 41.5 Å². The second-order valence-electron chi connectivity index (χ2n) is 21.5. The zero-order chi connectivity index (χ0) is 56.5. The fourth-order valence-electron chi connectivity index (χ4n) is 12.1. The molecule has 11 unspecified atom stereocenters. The Bertz CT molecular complexity index is 3590. The van der Waals surface area contributed by atoms with Crippen molar-refractivity contribution in [2.75, 3.05) is 13.2 Å². The highest BCUT2D eigenvalue weighted by atomic mass is 28.6. The lowest BCUT2D eigenvalue weighted by molar-refractivity contribution is -0.121. The minimum absolute atomic E-state index is 0.194. The van der Waals surface area contributed by atoms with Crippen LogP contribution in [-0.2, 0) is 58.2 Å². The second-order valence-corrected chi connectivity index (χ2v) is 52.8. The van der Waals surface area contributed by atoms with Crippen molar-refractivity contribution in [3.8, 4) is 0 Å². The van der Waals surface area contributed by atoms with Gasteiger partial charge in [-0.15, -0.1) is 0 Å². The Balaban J connectivity index is 1.30. The predicted octanol–water partition coefficient (Wildman–Crippen LogP) is 3.76. The quantitative estimate of drug-likeness (QED) is 0.151. The third-order valence-corrected chi connectivity index (χ3v) is 61.4. The molecule has 8 aromatic rings. The van der Waals surface area contributed by atoms with Crippen LogP contribution in [0.15, 0.2) is 243 Å². The van der Waals surface area contributed by atoms with E-state index in [2.05, 4.69) is 0 Å². The largest absolute Gasteiger partial charge is 0.524 e. The summed E-state index contributed by atoms with van der Waals surface area (Å²) >= 11 is 0. The molecule has 9 bridgehead atoms. The maximum atomic E-state index is 11.0. The van der Waals surface area contributed by atoms with Crippen LogP contribution in [0.25, 0.3) is 0 Å². The fourth-order valence-corrected chi connectivity index (χ4v) is 73.1. The molecule has 1 spiro atoms. The highest BCUT2D eigenvalue weighted by Crippen LogP contribution is 2.58. The fraction of sp³-hybridized carbons (Fsp3) is 0.158. The molecule has 0 aliphatic carbocycles. The topological polar surface area (TPSA) is 170 Å². The SMILES string of the molecule is C[Si]1(CCCO)O[Si]2(c3ccccc3)OC34O[Si](c5ccccc5)(O2)O[Si]2(c5ccccc5)O[Si](C)(CCCO)O[Si]5(c6ccccc6)O[Si](c6ccccc6)(O[Si](c6ccccc6)(O1)O[Si]3(c1ccccc1)O5)O[Si]4(c1ccccc1)O2. The van der Waals surface area contributed by atoms with Gasteiger partial charge < -0.3 is 68.4 Å². The van der Waals surface area contributed by atoms with Crippen LogP contribution in [0.4, 0.5) is 0 Å². The van der Waals surface area contributed by atoms with E-state index in [0.717, 1.165) is 0 Å². The van der Waals surface area contributed by atoms with E-state index >= 15 is 0 Å². The molecule has 424 valence electrons. The molecule has 0 aromatic heterocycles. The molecular weight excluding hydrogens is 1220 g/mol. The van der Waals surface area contributed by atoms with Crippen molar-refractivity contribution in [1.82, 2.24) is 0 Å². The number of hydrogen-bond donors (Lipinski definition) is 2. The zero-order valence-electron chi connectivity index (χ0n) is 45.4. The number of benzene rings is 8. The molecule has 8 heterocycles. The first-order chi connectivity index (χ1) is 40.4. The van der Waals surface area contributed by atoms with Crippen LogP contribution in [0.3, 0.4) is 0 Å². The summed E-state index contributed by atoms with van der Waals surface area (Å²) in [5, 5.41) is 23.7. The van der Waals surface area contributed by atoms with Crippen LogP contribution in [-0.4, -0.2) is 116 Å². The first-order valence-corrected chi connectivity index (χ1v) is 46.9. The van der Waals surface area contributed by atoms with Gasteiger partial charge in [0.05, 0.1) is 0 Å². The summed E-state index contributed by atoms with van der Waals surface area (Å²) in [5.74, 6) is 0. The van der Waals surface area contributed by atoms with Crippen LogP contribution in [0, 0.1) is 0 Å². The van der Waals surface area contributed by atoms with E-state index in [1.807, 2.05) is 256 Å². The van der Waals surface area contributed by atoms with Crippen LogP contribution in [0.1, 0.15) is 12.8 Å². The Morgan fingerprint density at radius 1 is 0.265 bits per heavy atom. The third kappa shape index (κ3) is 9.11. The lowest BCUT2D eigenvalue weighted by Gasteiger charge is -2.64. The van der Waals surface area contributed by atoms with Crippen molar-refractivity contribution in [3.63, 3.8) is 0 Å². The number of aliphatic hydroxyl groups is 2. The summed E-state index contributed by atoms with van der Waals surface area (Å²) in [4.78, 5) is 0. The Labute approximate surface area is 492 Å². The summed E-state index contributed by atoms with van der Waals surface area (Å²) < 4.78 is 119. The van der Waals surface area contributed by atoms with E-state index in [1.54, 1.807) is 0 Å². The van der Waals surface area contributed by atoms with Crippen LogP contribution in [0.2, 0.25) is 25.2 Å². The highest BCUT2D eigenvalue weighted by Gasteiger charge is 2.95. The molecule has 16 rings (SSSR count). The van der Waals surface area contributed by atoms with E-state index in [4.69, 9.17) is 58.2 Å². The number of fused-ring (bicyclic) bond motifs is 4. The van der Waals surface area contributed by atoms with E-state index in [9.17, 15) is 10.2 Å². The summed E-state index contributed by atoms with van der Waals surface area (Å²) in [6.07, 6.45) is 0.508. The smallest absolute Gasteiger partial charge is 0.396 e. The highest BCUT2D eigenvalue weighted by molar-refractivity contribution is 7.18. The Morgan fingerprint density at radius 3 is 0.747 bits per heavy atom. The van der Waals surface area contributed by atoms with Crippen molar-refractivity contribution in [1.29, 1.82) is 0 Å². The molecule has 8 fully saturated rings. The standard InChI is InChI=1S/C57H60O16Si10/c1-74(47-27-45-58)62-78(51-33-15-5-16-34-51)60-57-61-79(70-78,52-35-17-6-18-36-52)71-80(53-37-19-7-20-38-53)64-75(2,48-28-46-59)65-82(55-41-23-9-24-42-55)68-76(57,49-29-11-3-12-30-49)67-81(63-74,54-39-21-8-22-40-54)72-83(73-82,56-43-25-10-26-44-56)69-77(57,66-80)50-31-13-4-14-32-50/h3-26,29-44,58-59H,27-28,45-48H2,1-2H3. The predicted molar refractivity (Wildman–Crippen MR) is 329 cm³/mol. The maximum Gasteiger partial charge on any atom is 0.524 e. The van der Waals surface area contributed by atoms with Crippen molar-refractivity contribution < 1.29 is 68.4 Å². The minimum atomic E-state index is -5.43. The second kappa shape index (κ2) is 21.3. The van der Waals surface area contributed by atoms with Gasteiger partial charge in [-0.2, -0.15) is 0 Å². The average molecular weight is 1280 g/mol. The normalized spacial score (nSPS) is 36.1. The first kappa shape index (κ1) is 56.1. The van der Waals surface area contributed by atoms with Gasteiger partial charge in [0, 0.05) is 44.3 Å². The molecule has 2 N–H and O–H groups in total. The van der Waals surface area contributed by atoms with Crippen LogP contribution in [0.5, 0.6) is 0 Å². The minimum Gasteiger partial charge on any atom is -0.396 e. The van der Waals surface area contributed by atoms with Gasteiger partial charge in [-0.05, 0) is 48.4 Å². The molecule has 0 amide bonds. The van der Waals surface area contributed by atoms with E-state index in [0.29, 0.717) is 41.5 Å². The Kier molecular flexibility index (Phi) is 14.4. The monoisotopic (exact) mass is 1280 g/mol. The maximum absolute atomic E-state index is 11.0. The summed E-state index contributed by atoms with van der Waals surface area (Å²) in [7, 11) is -49.2. The molecule has 8 aromatic carbocycles. The van der Waals surface area contributed by atoms with E-state index < -0.39 is 92.1 Å². The zero-order valence-corrected chi connectivity index (χ0v) is 55.4. The molecule has 8 saturated heterocycles. The number of rotatable bonds is 14.